The summed E-state index contributed by atoms with van der Waals surface area (Å²) in [4.78, 5) is 0. The molecule has 1 atom stereocenters. The standard InChI is InChI=1S/C8H11NOP/c1-3-11(10)8-6-7(2)4-5-9(8)11/h4-6H,3H2,1-2H3/q+1. The van der Waals surface area contributed by atoms with Crippen molar-refractivity contribution in [2.45, 2.75) is 13.8 Å². The van der Waals surface area contributed by atoms with Gasteiger partial charge < -0.3 is 0 Å². The lowest BCUT2D eigenvalue weighted by molar-refractivity contribution is -0.444. The van der Waals surface area contributed by atoms with Crippen molar-refractivity contribution < 1.29 is 8.90 Å². The first kappa shape index (κ1) is 7.05. The summed E-state index contributed by atoms with van der Waals surface area (Å²) in [5.74, 6) is 0. The summed E-state index contributed by atoms with van der Waals surface area (Å²) >= 11 is 0. The van der Waals surface area contributed by atoms with Gasteiger partial charge in [0.25, 0.3) is 0 Å². The molecule has 0 saturated carbocycles. The highest BCUT2D eigenvalue weighted by atomic mass is 31.2. The predicted octanol–water partition coefficient (Wildman–Crippen LogP) is 1.07. The molecule has 0 fully saturated rings. The molecule has 58 valence electrons. The topological polar surface area (TPSA) is 20.9 Å². The predicted molar refractivity (Wildman–Crippen MR) is 44.6 cm³/mol. The van der Waals surface area contributed by atoms with Gasteiger partial charge >= 0.3 is 12.7 Å². The van der Waals surface area contributed by atoms with Crippen molar-refractivity contribution in [3.05, 3.63) is 23.9 Å². The van der Waals surface area contributed by atoms with E-state index in [1.165, 1.54) is 5.56 Å². The van der Waals surface area contributed by atoms with Crippen molar-refractivity contribution in [1.29, 1.82) is 0 Å². The molecule has 1 aliphatic rings. The van der Waals surface area contributed by atoms with Crippen LogP contribution < -0.4 is 9.77 Å². The Morgan fingerprint density at radius 2 is 2.36 bits per heavy atom. The third-order valence-corrected chi connectivity index (χ3v) is 4.94. The molecule has 0 amide bonds. The van der Waals surface area contributed by atoms with Crippen LogP contribution in [0.1, 0.15) is 12.5 Å². The quantitative estimate of drug-likeness (QED) is 0.574. The van der Waals surface area contributed by atoms with Crippen molar-refractivity contribution in [3.8, 4) is 0 Å². The van der Waals surface area contributed by atoms with Crippen LogP contribution >= 0.6 is 7.29 Å². The van der Waals surface area contributed by atoms with E-state index in [1.807, 2.05) is 36.5 Å². The number of hydrogen-bond donors (Lipinski definition) is 0. The van der Waals surface area contributed by atoms with Crippen molar-refractivity contribution in [2.24, 2.45) is 0 Å². The zero-order chi connectivity index (χ0) is 8.06. The van der Waals surface area contributed by atoms with Gasteiger partial charge in [0.2, 0.25) is 0 Å². The second-order valence-corrected chi connectivity index (χ2v) is 5.85. The maximum Gasteiger partial charge on any atom is 0.412 e. The van der Waals surface area contributed by atoms with E-state index < -0.39 is 7.29 Å². The molecule has 0 radical (unpaired) electrons. The third-order valence-electron chi connectivity index (χ3n) is 2.17. The summed E-state index contributed by atoms with van der Waals surface area (Å²) in [5.41, 5.74) is 2.24. The van der Waals surface area contributed by atoms with Crippen LogP contribution in [-0.2, 0) is 4.57 Å². The van der Waals surface area contributed by atoms with Crippen molar-refractivity contribution in [3.63, 3.8) is 0 Å². The zero-order valence-electron chi connectivity index (χ0n) is 6.74. The molecule has 0 saturated heterocycles. The summed E-state index contributed by atoms with van der Waals surface area (Å²) in [6, 6.07) is 4.02. The maximum absolute atomic E-state index is 11.8. The van der Waals surface area contributed by atoms with Gasteiger partial charge in [-0.1, -0.05) is 6.92 Å². The second-order valence-electron chi connectivity index (χ2n) is 2.92. The maximum atomic E-state index is 11.8. The average Bonchev–Trinajstić information content (AvgIpc) is 2.58. The van der Waals surface area contributed by atoms with Crippen molar-refractivity contribution in [1.82, 2.24) is 0 Å². The summed E-state index contributed by atoms with van der Waals surface area (Å²) < 4.78 is 13.7. The van der Waals surface area contributed by atoms with Crippen LogP contribution in [0.3, 0.4) is 0 Å². The lowest BCUT2D eigenvalue weighted by Gasteiger charge is -1.75. The molecular weight excluding hydrogens is 157 g/mol. The van der Waals surface area contributed by atoms with E-state index in [0.29, 0.717) is 0 Å². The molecule has 11 heavy (non-hydrogen) atoms. The molecule has 1 aliphatic heterocycles. The number of fused-ring (bicyclic) bond motifs is 1. The first-order valence-corrected chi connectivity index (χ1v) is 5.66. The van der Waals surface area contributed by atoms with Crippen LogP contribution in [0.4, 0.5) is 0 Å². The Morgan fingerprint density at radius 1 is 1.64 bits per heavy atom. The SMILES string of the molecule is CCP1(=O)c2cc(C)cc[n+]21. The molecule has 1 aromatic heterocycles. The number of hydrogen-bond acceptors (Lipinski definition) is 1. The van der Waals surface area contributed by atoms with Gasteiger partial charge in [-0.3, -0.25) is 0 Å². The minimum Gasteiger partial charge on any atom is -0.237 e. The lowest BCUT2D eigenvalue weighted by atomic mass is 10.3. The van der Waals surface area contributed by atoms with E-state index in [-0.39, 0.29) is 0 Å². The Hall–Kier alpha value is -0.620. The smallest absolute Gasteiger partial charge is 0.237 e. The highest BCUT2D eigenvalue weighted by Gasteiger charge is 2.57. The molecule has 3 heteroatoms. The highest BCUT2D eigenvalue weighted by Crippen LogP contribution is 2.47. The van der Waals surface area contributed by atoms with E-state index in [0.717, 1.165) is 11.6 Å². The fourth-order valence-corrected chi connectivity index (χ4v) is 3.65. The van der Waals surface area contributed by atoms with Crippen LogP contribution in [0.15, 0.2) is 18.3 Å². The van der Waals surface area contributed by atoms with Gasteiger partial charge in [-0.05, 0) is 12.5 Å². The molecule has 0 N–H and O–H groups in total. The molecule has 2 rings (SSSR count). The first-order valence-electron chi connectivity index (χ1n) is 3.81. The summed E-state index contributed by atoms with van der Waals surface area (Å²) in [5, 5.41) is 0. The van der Waals surface area contributed by atoms with Gasteiger partial charge in [0, 0.05) is 12.1 Å². The van der Waals surface area contributed by atoms with Crippen LogP contribution in [0.25, 0.3) is 0 Å². The minimum absolute atomic E-state index is 0.760. The number of nitrogens with zero attached hydrogens (tertiary/aromatic N) is 1. The Morgan fingerprint density at radius 3 is 2.91 bits per heavy atom. The molecular formula is C8H11NOP+. The van der Waals surface area contributed by atoms with E-state index in [1.54, 1.807) is 0 Å². The highest BCUT2D eigenvalue weighted by molar-refractivity contribution is 7.70. The zero-order valence-corrected chi connectivity index (χ0v) is 7.64. The van der Waals surface area contributed by atoms with Crippen molar-refractivity contribution in [2.75, 3.05) is 6.16 Å². The third kappa shape index (κ3) is 0.793. The number of aromatic nitrogens is 1. The number of rotatable bonds is 1. The molecule has 0 bridgehead atoms. The summed E-state index contributed by atoms with van der Waals surface area (Å²) in [6.07, 6.45) is 2.69. The molecule has 2 nitrogen and oxygen atoms in total. The molecule has 1 aromatic rings. The van der Waals surface area contributed by atoms with Crippen LogP contribution in [0.5, 0.6) is 0 Å². The summed E-state index contributed by atoms with van der Waals surface area (Å²) in [6.45, 7) is 4.00. The molecule has 1 unspecified atom stereocenters. The first-order chi connectivity index (χ1) is 5.18. The van der Waals surface area contributed by atoms with Crippen molar-refractivity contribution >= 4 is 12.7 Å². The summed E-state index contributed by atoms with van der Waals surface area (Å²) in [7, 11) is -2.00. The monoisotopic (exact) mass is 168 g/mol. The van der Waals surface area contributed by atoms with Gasteiger partial charge in [0.1, 0.15) is 0 Å². The van der Waals surface area contributed by atoms with E-state index in [2.05, 4.69) is 0 Å². The van der Waals surface area contributed by atoms with Gasteiger partial charge in [-0.25, -0.2) is 4.57 Å². The van der Waals surface area contributed by atoms with E-state index in [4.69, 9.17) is 0 Å². The molecule has 0 aliphatic carbocycles. The number of aryl methyl sites for hydroxylation is 1. The Balaban J connectivity index is 2.54. The minimum atomic E-state index is -2.00. The normalized spacial score (nSPS) is 26.4. The fraction of sp³-hybridized carbons (Fsp3) is 0.375. The van der Waals surface area contributed by atoms with E-state index in [9.17, 15) is 4.57 Å². The lowest BCUT2D eigenvalue weighted by Crippen LogP contribution is -2.13. The van der Waals surface area contributed by atoms with Crippen LogP contribution in [-0.4, -0.2) is 6.16 Å². The molecule has 0 spiro atoms. The Bertz CT molecular complexity index is 359. The van der Waals surface area contributed by atoms with Crippen LogP contribution in [0.2, 0.25) is 0 Å². The Kier molecular flexibility index (Phi) is 1.25. The molecule has 2 heterocycles. The van der Waals surface area contributed by atoms with Crippen LogP contribution in [0, 0.1) is 6.92 Å². The van der Waals surface area contributed by atoms with E-state index >= 15 is 0 Å². The fourth-order valence-electron chi connectivity index (χ4n) is 1.37. The second kappa shape index (κ2) is 1.95. The van der Waals surface area contributed by atoms with Gasteiger partial charge in [-0.15, -0.1) is 4.34 Å². The largest absolute Gasteiger partial charge is 0.412 e. The van der Waals surface area contributed by atoms with Gasteiger partial charge in [0.15, 0.2) is 6.20 Å². The number of pyridine rings is 1. The van der Waals surface area contributed by atoms with Gasteiger partial charge in [-0.2, -0.15) is 0 Å². The Labute approximate surface area is 66.3 Å². The molecule has 0 aromatic carbocycles. The van der Waals surface area contributed by atoms with Gasteiger partial charge in [0.05, 0.1) is 6.16 Å². The average molecular weight is 168 g/mol.